The van der Waals surface area contributed by atoms with Crippen molar-refractivity contribution in [2.45, 2.75) is 0 Å². The minimum absolute atomic E-state index is 0.149. The van der Waals surface area contributed by atoms with E-state index in [-0.39, 0.29) is 5.91 Å². The van der Waals surface area contributed by atoms with E-state index in [1.54, 1.807) is 0 Å². The van der Waals surface area contributed by atoms with Gasteiger partial charge in [0.05, 0.1) is 26.5 Å². The van der Waals surface area contributed by atoms with Gasteiger partial charge in [-0.1, -0.05) is 34.8 Å². The van der Waals surface area contributed by atoms with Crippen molar-refractivity contribution in [3.05, 3.63) is 27.2 Å². The van der Waals surface area contributed by atoms with Gasteiger partial charge in [-0.15, -0.1) is 0 Å². The van der Waals surface area contributed by atoms with Gasteiger partial charge in [0.1, 0.15) is 0 Å². The molecule has 0 bridgehead atoms. The molecule has 1 amide bonds. The first kappa shape index (κ1) is 14.9. The lowest BCUT2D eigenvalue weighted by Gasteiger charge is -2.08. The maximum Gasteiger partial charge on any atom is 0.234 e. The summed E-state index contributed by atoms with van der Waals surface area (Å²) >= 11 is 19.0. The van der Waals surface area contributed by atoms with Gasteiger partial charge in [0.25, 0.3) is 0 Å². The number of carbonyl (C=O) groups excluding carboxylic acids is 1. The molecule has 1 rings (SSSR count). The molecule has 0 aromatic heterocycles. The van der Waals surface area contributed by atoms with E-state index in [2.05, 4.69) is 5.32 Å². The quantitative estimate of drug-likeness (QED) is 0.648. The highest BCUT2D eigenvalue weighted by Crippen LogP contribution is 2.32. The second kappa shape index (κ2) is 7.34. The Hall–Kier alpha value is -0.130. The van der Waals surface area contributed by atoms with Gasteiger partial charge in [0.2, 0.25) is 5.91 Å². The summed E-state index contributed by atoms with van der Waals surface area (Å²) in [4.78, 5) is 11.5. The summed E-state index contributed by atoms with van der Waals surface area (Å²) in [6, 6.07) is 3.02. The predicted octanol–water partition coefficient (Wildman–Crippen LogP) is 3.28. The minimum atomic E-state index is -0.149. The second-order valence-electron chi connectivity index (χ2n) is 3.14. The third-order valence-corrected chi connectivity index (χ3v) is 3.80. The van der Waals surface area contributed by atoms with Crippen LogP contribution in [0, 0.1) is 0 Å². The average Bonchev–Trinajstić information content (AvgIpc) is 2.26. The summed E-state index contributed by atoms with van der Waals surface area (Å²) in [7, 11) is 0. The molecule has 0 aliphatic carbocycles. The van der Waals surface area contributed by atoms with Crippen molar-refractivity contribution in [1.82, 2.24) is 0 Å². The molecule has 0 aliphatic rings. The number of nitrogens with one attached hydrogen (secondary N) is 1. The lowest BCUT2D eigenvalue weighted by atomic mass is 10.3. The molecule has 3 N–H and O–H groups in total. The van der Waals surface area contributed by atoms with Crippen molar-refractivity contribution in [2.24, 2.45) is 5.73 Å². The summed E-state index contributed by atoms with van der Waals surface area (Å²) in [5.74, 6) is 0.916. The monoisotopic (exact) mass is 312 g/mol. The molecular weight excluding hydrogens is 303 g/mol. The van der Waals surface area contributed by atoms with Crippen molar-refractivity contribution < 1.29 is 4.79 Å². The van der Waals surface area contributed by atoms with Crippen molar-refractivity contribution in [2.75, 3.05) is 23.4 Å². The number of carbonyl (C=O) groups is 1. The highest BCUT2D eigenvalue weighted by molar-refractivity contribution is 7.99. The van der Waals surface area contributed by atoms with E-state index in [4.69, 9.17) is 40.5 Å². The molecule has 7 heteroatoms. The number of hydrogen-bond donors (Lipinski definition) is 2. The summed E-state index contributed by atoms with van der Waals surface area (Å²) in [6.45, 7) is 0.547. The molecule has 0 fully saturated rings. The zero-order valence-electron chi connectivity index (χ0n) is 8.80. The largest absolute Gasteiger partial charge is 0.330 e. The lowest BCUT2D eigenvalue weighted by Crippen LogP contribution is -2.15. The second-order valence-corrected chi connectivity index (χ2v) is 5.46. The van der Waals surface area contributed by atoms with Crippen LogP contribution in [0.3, 0.4) is 0 Å². The fourth-order valence-electron chi connectivity index (χ4n) is 1.05. The van der Waals surface area contributed by atoms with E-state index in [0.29, 0.717) is 33.1 Å². The SMILES string of the molecule is NCCSCC(=O)Nc1cc(Cl)c(Cl)cc1Cl. The Kier molecular flexibility index (Phi) is 6.44. The van der Waals surface area contributed by atoms with Crippen LogP contribution in [0.15, 0.2) is 12.1 Å². The number of anilines is 1. The molecule has 0 unspecified atom stereocenters. The van der Waals surface area contributed by atoms with Gasteiger partial charge in [-0.05, 0) is 12.1 Å². The Labute approximate surface area is 119 Å². The molecule has 1 aromatic carbocycles. The smallest absolute Gasteiger partial charge is 0.234 e. The zero-order valence-corrected chi connectivity index (χ0v) is 11.9. The number of halogens is 3. The van der Waals surface area contributed by atoms with Gasteiger partial charge in [-0.25, -0.2) is 0 Å². The van der Waals surface area contributed by atoms with Crippen LogP contribution in [-0.4, -0.2) is 24.0 Å². The summed E-state index contributed by atoms with van der Waals surface area (Å²) in [6.07, 6.45) is 0. The van der Waals surface area contributed by atoms with Gasteiger partial charge < -0.3 is 11.1 Å². The number of amides is 1. The van der Waals surface area contributed by atoms with E-state index >= 15 is 0 Å². The number of nitrogens with two attached hydrogens (primary N) is 1. The van der Waals surface area contributed by atoms with Gasteiger partial charge in [0.15, 0.2) is 0 Å². The van der Waals surface area contributed by atoms with Crippen LogP contribution in [-0.2, 0) is 4.79 Å². The van der Waals surface area contributed by atoms with Crippen LogP contribution in [0.1, 0.15) is 0 Å². The van der Waals surface area contributed by atoms with Gasteiger partial charge in [0, 0.05) is 12.3 Å². The third-order valence-electron chi connectivity index (χ3n) is 1.78. The van der Waals surface area contributed by atoms with Crippen LogP contribution < -0.4 is 11.1 Å². The summed E-state index contributed by atoms with van der Waals surface area (Å²) in [5, 5.41) is 3.72. The van der Waals surface area contributed by atoms with Crippen LogP contribution in [0.25, 0.3) is 0 Å². The number of thioether (sulfide) groups is 1. The molecule has 0 spiro atoms. The van der Waals surface area contributed by atoms with E-state index in [1.165, 1.54) is 23.9 Å². The number of benzene rings is 1. The molecule has 94 valence electrons. The first-order chi connectivity index (χ1) is 8.04. The van der Waals surface area contributed by atoms with Gasteiger partial charge in [-0.3, -0.25) is 4.79 Å². The molecule has 0 heterocycles. The summed E-state index contributed by atoms with van der Waals surface area (Å²) in [5.41, 5.74) is 5.78. The Bertz CT molecular complexity index is 415. The Morgan fingerprint density at radius 1 is 1.24 bits per heavy atom. The highest BCUT2D eigenvalue weighted by Gasteiger charge is 2.09. The third kappa shape index (κ3) is 4.94. The van der Waals surface area contributed by atoms with Crippen LogP contribution in [0.2, 0.25) is 15.1 Å². The lowest BCUT2D eigenvalue weighted by molar-refractivity contribution is -0.113. The normalized spacial score (nSPS) is 10.4. The minimum Gasteiger partial charge on any atom is -0.330 e. The molecule has 1 aromatic rings. The van der Waals surface area contributed by atoms with Gasteiger partial charge in [-0.2, -0.15) is 11.8 Å². The van der Waals surface area contributed by atoms with Crippen molar-refractivity contribution in [1.29, 1.82) is 0 Å². The maximum atomic E-state index is 11.5. The van der Waals surface area contributed by atoms with Crippen LogP contribution in [0.4, 0.5) is 5.69 Å². The Morgan fingerprint density at radius 3 is 2.53 bits per heavy atom. The zero-order chi connectivity index (χ0) is 12.8. The van der Waals surface area contributed by atoms with Crippen LogP contribution >= 0.6 is 46.6 Å². The van der Waals surface area contributed by atoms with Crippen LogP contribution in [0.5, 0.6) is 0 Å². The van der Waals surface area contributed by atoms with E-state index < -0.39 is 0 Å². The molecule has 0 aliphatic heterocycles. The highest BCUT2D eigenvalue weighted by atomic mass is 35.5. The molecule has 0 radical (unpaired) electrons. The molecule has 0 saturated carbocycles. The molecule has 0 saturated heterocycles. The Morgan fingerprint density at radius 2 is 1.88 bits per heavy atom. The Balaban J connectivity index is 2.62. The first-order valence-electron chi connectivity index (χ1n) is 4.76. The fourth-order valence-corrected chi connectivity index (χ4v) is 2.22. The van der Waals surface area contributed by atoms with Gasteiger partial charge >= 0.3 is 0 Å². The van der Waals surface area contributed by atoms with E-state index in [0.717, 1.165) is 5.75 Å². The predicted molar refractivity (Wildman–Crippen MR) is 76.5 cm³/mol. The molecule has 0 atom stereocenters. The first-order valence-corrected chi connectivity index (χ1v) is 7.05. The molecular formula is C10H11Cl3N2OS. The average molecular weight is 314 g/mol. The van der Waals surface area contributed by atoms with Crippen molar-refractivity contribution in [3.8, 4) is 0 Å². The van der Waals surface area contributed by atoms with Crippen molar-refractivity contribution >= 4 is 58.2 Å². The topological polar surface area (TPSA) is 55.1 Å². The maximum absolute atomic E-state index is 11.5. The summed E-state index contributed by atoms with van der Waals surface area (Å²) < 4.78 is 0. The fraction of sp³-hybridized carbons (Fsp3) is 0.300. The van der Waals surface area contributed by atoms with E-state index in [9.17, 15) is 4.79 Å². The molecule has 17 heavy (non-hydrogen) atoms. The number of rotatable bonds is 5. The molecule has 3 nitrogen and oxygen atoms in total. The standard InChI is InChI=1S/C10H11Cl3N2OS/c11-6-3-8(13)9(4-7(6)12)15-10(16)5-17-2-1-14/h3-4H,1-2,5,14H2,(H,15,16). The van der Waals surface area contributed by atoms with E-state index in [1.807, 2.05) is 0 Å². The van der Waals surface area contributed by atoms with Crippen molar-refractivity contribution in [3.63, 3.8) is 0 Å². The number of hydrogen-bond acceptors (Lipinski definition) is 3.